The zero-order valence-corrected chi connectivity index (χ0v) is 21.4. The van der Waals surface area contributed by atoms with E-state index < -0.39 is 17.6 Å². The average molecular weight is 529 g/mol. The lowest BCUT2D eigenvalue weighted by Crippen LogP contribution is -2.34. The number of halogens is 4. The molecule has 6 nitrogen and oxygen atoms in total. The fourth-order valence-corrected chi connectivity index (χ4v) is 5.41. The van der Waals surface area contributed by atoms with Gasteiger partial charge in [-0.25, -0.2) is 15.0 Å². The molecule has 1 atom stereocenters. The fraction of sp³-hybridized carbons (Fsp3) is 0.464. The second kappa shape index (κ2) is 11.1. The van der Waals surface area contributed by atoms with Crippen LogP contribution in [0, 0.1) is 11.7 Å². The third-order valence-corrected chi connectivity index (χ3v) is 7.70. The predicted molar refractivity (Wildman–Crippen MR) is 140 cm³/mol. The normalized spacial score (nSPS) is 18.7. The van der Waals surface area contributed by atoms with Crippen molar-refractivity contribution < 1.29 is 17.6 Å². The molecule has 2 aromatic heterocycles. The Kier molecular flexibility index (Phi) is 7.67. The van der Waals surface area contributed by atoms with Crippen molar-refractivity contribution in [2.45, 2.75) is 57.8 Å². The van der Waals surface area contributed by atoms with Crippen LogP contribution in [-0.4, -0.2) is 34.6 Å². The first-order valence-corrected chi connectivity index (χ1v) is 13.2. The van der Waals surface area contributed by atoms with Crippen LogP contribution in [0.5, 0.6) is 0 Å². The number of alkyl halides is 3. The maximum Gasteiger partial charge on any atom is 0.416 e. The highest BCUT2D eigenvalue weighted by Gasteiger charge is 2.33. The highest BCUT2D eigenvalue weighted by molar-refractivity contribution is 5.53. The summed E-state index contributed by atoms with van der Waals surface area (Å²) in [5.74, 6) is 1.41. The van der Waals surface area contributed by atoms with Crippen LogP contribution >= 0.6 is 0 Å². The lowest BCUT2D eigenvalue weighted by molar-refractivity contribution is -0.137. The van der Waals surface area contributed by atoms with Crippen molar-refractivity contribution in [1.82, 2.24) is 15.0 Å². The Balaban J connectivity index is 1.24. The first kappa shape index (κ1) is 26.2. The summed E-state index contributed by atoms with van der Waals surface area (Å²) in [5, 5.41) is 3.05. The molecule has 0 bridgehead atoms. The van der Waals surface area contributed by atoms with E-state index in [0.29, 0.717) is 25.1 Å². The van der Waals surface area contributed by atoms with Gasteiger partial charge in [0.15, 0.2) is 11.6 Å². The predicted octanol–water partition coefficient (Wildman–Crippen LogP) is 6.61. The molecule has 5 rings (SSSR count). The third kappa shape index (κ3) is 5.68. The third-order valence-electron chi connectivity index (χ3n) is 7.70. The van der Waals surface area contributed by atoms with Crippen LogP contribution in [0.2, 0.25) is 0 Å². The monoisotopic (exact) mass is 528 g/mol. The first-order chi connectivity index (χ1) is 18.3. The van der Waals surface area contributed by atoms with E-state index in [1.807, 2.05) is 17.0 Å². The van der Waals surface area contributed by atoms with E-state index in [-0.39, 0.29) is 17.7 Å². The summed E-state index contributed by atoms with van der Waals surface area (Å²) in [4.78, 5) is 17.0. The topological polar surface area (TPSA) is 57.2 Å². The maximum absolute atomic E-state index is 15.5. The number of hydrogen-bond donors (Lipinski definition) is 1. The Labute approximate surface area is 220 Å². The van der Waals surface area contributed by atoms with E-state index >= 15 is 4.39 Å². The van der Waals surface area contributed by atoms with Crippen LogP contribution in [-0.2, 0) is 12.7 Å². The van der Waals surface area contributed by atoms with Crippen LogP contribution in [0.25, 0.3) is 0 Å². The van der Waals surface area contributed by atoms with E-state index in [1.165, 1.54) is 37.7 Å². The number of rotatable bonds is 7. The minimum absolute atomic E-state index is 0.0822. The molecule has 0 aliphatic carbocycles. The molecule has 38 heavy (non-hydrogen) atoms. The SMILES string of the molecule is CCC1CCN(c2ccc(CNc3ncnc(N4CCCC4c4ccc(C(F)(F)F)cc4)c3F)cn2)CC1. The second-order valence-electron chi connectivity index (χ2n) is 10.0. The van der Waals surface area contributed by atoms with E-state index in [9.17, 15) is 13.2 Å². The second-order valence-corrected chi connectivity index (χ2v) is 10.0. The van der Waals surface area contributed by atoms with Gasteiger partial charge >= 0.3 is 6.18 Å². The summed E-state index contributed by atoms with van der Waals surface area (Å²) in [5.41, 5.74) is 0.905. The number of hydrogen-bond acceptors (Lipinski definition) is 6. The van der Waals surface area contributed by atoms with E-state index in [4.69, 9.17) is 0 Å². The lowest BCUT2D eigenvalue weighted by atomic mass is 9.94. The van der Waals surface area contributed by atoms with Gasteiger partial charge < -0.3 is 15.1 Å². The maximum atomic E-state index is 15.5. The standard InChI is InChI=1S/C28H32F4N6/c1-2-19-11-14-37(15-12-19)24-10-5-20(16-33-24)17-34-26-25(29)27(36-18-35-26)38-13-3-4-23(38)21-6-8-22(9-7-21)28(30,31)32/h5-10,16,18-19,23H,2-4,11-15,17H2,1H3,(H,34,35,36). The minimum Gasteiger partial charge on any atom is -0.363 e. The molecule has 2 aliphatic rings. The van der Waals surface area contributed by atoms with Gasteiger partial charge in [0, 0.05) is 32.4 Å². The molecular weight excluding hydrogens is 496 g/mol. The van der Waals surface area contributed by atoms with E-state index in [0.717, 1.165) is 48.9 Å². The van der Waals surface area contributed by atoms with Gasteiger partial charge in [-0.2, -0.15) is 17.6 Å². The molecule has 2 saturated heterocycles. The number of anilines is 3. The van der Waals surface area contributed by atoms with Crippen molar-refractivity contribution in [3.8, 4) is 0 Å². The molecule has 2 fully saturated rings. The summed E-state index contributed by atoms with van der Waals surface area (Å²) >= 11 is 0. The van der Waals surface area contributed by atoms with E-state index in [2.05, 4.69) is 32.1 Å². The Hall–Kier alpha value is -3.43. The van der Waals surface area contributed by atoms with Crippen molar-refractivity contribution in [1.29, 1.82) is 0 Å². The molecule has 0 radical (unpaired) electrons. The lowest BCUT2D eigenvalue weighted by Gasteiger charge is -2.32. The Morgan fingerprint density at radius 2 is 1.71 bits per heavy atom. The molecule has 0 saturated carbocycles. The molecule has 3 aromatic rings. The van der Waals surface area contributed by atoms with Gasteiger partial charge in [-0.05, 0) is 60.9 Å². The van der Waals surface area contributed by atoms with Crippen molar-refractivity contribution in [3.63, 3.8) is 0 Å². The summed E-state index contributed by atoms with van der Waals surface area (Å²) in [6.45, 7) is 5.18. The number of pyridine rings is 1. The fourth-order valence-electron chi connectivity index (χ4n) is 5.41. The van der Waals surface area contributed by atoms with Crippen LogP contribution in [0.15, 0.2) is 48.9 Å². The number of piperidine rings is 1. The Bertz CT molecular complexity index is 1210. The summed E-state index contributed by atoms with van der Waals surface area (Å²) in [6, 6.07) is 8.81. The van der Waals surface area contributed by atoms with Gasteiger partial charge in [0.05, 0.1) is 11.6 Å². The smallest absolute Gasteiger partial charge is 0.363 e. The van der Waals surface area contributed by atoms with Crippen molar-refractivity contribution in [2.75, 3.05) is 34.8 Å². The van der Waals surface area contributed by atoms with Crippen LogP contribution in [0.1, 0.15) is 61.8 Å². The zero-order chi connectivity index (χ0) is 26.7. The van der Waals surface area contributed by atoms with Crippen LogP contribution in [0.4, 0.5) is 35.0 Å². The number of aromatic nitrogens is 3. The largest absolute Gasteiger partial charge is 0.416 e. The molecule has 1 N–H and O–H groups in total. The quantitative estimate of drug-likeness (QED) is 0.348. The van der Waals surface area contributed by atoms with Gasteiger partial charge in [0.25, 0.3) is 0 Å². The molecule has 1 aromatic carbocycles. The first-order valence-electron chi connectivity index (χ1n) is 13.2. The molecule has 0 amide bonds. The molecule has 1 unspecified atom stereocenters. The van der Waals surface area contributed by atoms with Gasteiger partial charge in [0.2, 0.25) is 5.82 Å². The molecule has 202 valence electrons. The average Bonchev–Trinajstić information content (AvgIpc) is 3.42. The minimum atomic E-state index is -4.39. The molecule has 0 spiro atoms. The van der Waals surface area contributed by atoms with Crippen molar-refractivity contribution in [2.24, 2.45) is 5.92 Å². The van der Waals surface area contributed by atoms with E-state index in [1.54, 1.807) is 6.20 Å². The van der Waals surface area contributed by atoms with Crippen molar-refractivity contribution >= 4 is 17.5 Å². The molecule has 2 aliphatic heterocycles. The molecule has 10 heteroatoms. The summed E-state index contributed by atoms with van der Waals surface area (Å²) in [6.07, 6.45) is 3.80. The molecule has 4 heterocycles. The molecular formula is C28H32F4N6. The van der Waals surface area contributed by atoms with Gasteiger partial charge in [0.1, 0.15) is 12.1 Å². The highest BCUT2D eigenvalue weighted by Crippen LogP contribution is 2.38. The summed E-state index contributed by atoms with van der Waals surface area (Å²) < 4.78 is 54.4. The Morgan fingerprint density at radius 1 is 0.947 bits per heavy atom. The zero-order valence-electron chi connectivity index (χ0n) is 21.4. The number of nitrogens with zero attached hydrogens (tertiary/aromatic N) is 5. The Morgan fingerprint density at radius 3 is 2.37 bits per heavy atom. The van der Waals surface area contributed by atoms with Gasteiger partial charge in [-0.15, -0.1) is 0 Å². The number of benzene rings is 1. The van der Waals surface area contributed by atoms with Crippen LogP contribution in [0.3, 0.4) is 0 Å². The number of nitrogens with one attached hydrogen (secondary N) is 1. The van der Waals surface area contributed by atoms with Crippen LogP contribution < -0.4 is 15.1 Å². The van der Waals surface area contributed by atoms with Gasteiger partial charge in [-0.3, -0.25) is 0 Å². The van der Waals surface area contributed by atoms with Gasteiger partial charge in [-0.1, -0.05) is 31.5 Å². The summed E-state index contributed by atoms with van der Waals surface area (Å²) in [7, 11) is 0. The van der Waals surface area contributed by atoms with Crippen molar-refractivity contribution in [3.05, 3.63) is 71.4 Å². The highest BCUT2D eigenvalue weighted by atomic mass is 19.4.